The van der Waals surface area contributed by atoms with Crippen LogP contribution in [0.3, 0.4) is 0 Å². The second kappa shape index (κ2) is 9.52. The smallest absolute Gasteiger partial charge is 0.336 e. The monoisotopic (exact) mass is 443 g/mol. The summed E-state index contributed by atoms with van der Waals surface area (Å²) in [5.74, 6) is 0.650. The van der Waals surface area contributed by atoms with Crippen molar-refractivity contribution >= 4 is 12.4 Å². The predicted octanol–water partition coefficient (Wildman–Crippen LogP) is 1.44. The zero-order chi connectivity index (χ0) is 23.6. The average Bonchev–Trinajstić information content (AvgIpc) is 2.70. The molecule has 1 fully saturated rings. The number of pyridine rings is 1. The maximum Gasteiger partial charge on any atom is 0.336 e. The van der Waals surface area contributed by atoms with E-state index in [-0.39, 0.29) is 29.8 Å². The standard InChI is InChI=1S/C22H27N3O4.CH2O2/c1-13-7-19(26)29-14(2)20(13)22(28)24-9-15-8-17(12-24)18-6-5-16(11-23(3)4)21(27)25(18)10-15;2-1-3/h5-7,15,17H,8-12H2,1-4H3;1H,(H,2,3)/t15-,17+;/m0./s1. The van der Waals surface area contributed by atoms with E-state index in [4.69, 9.17) is 14.3 Å². The van der Waals surface area contributed by atoms with Crippen molar-refractivity contribution in [2.75, 3.05) is 27.2 Å². The summed E-state index contributed by atoms with van der Waals surface area (Å²) in [6, 6.07) is 5.34. The molecule has 1 N–H and O–H groups in total. The van der Waals surface area contributed by atoms with Gasteiger partial charge in [0.15, 0.2) is 0 Å². The molecule has 32 heavy (non-hydrogen) atoms. The SMILES string of the molecule is Cc1cc(=O)oc(C)c1C(=O)N1C[C@@H]2C[C@H](C1)c1ccc(CN(C)C)c(=O)n1C2.O=CO. The molecule has 2 aliphatic heterocycles. The number of piperidine rings is 1. The van der Waals surface area contributed by atoms with Crippen LogP contribution in [0.15, 0.2) is 32.2 Å². The van der Waals surface area contributed by atoms with E-state index in [1.165, 1.54) is 6.07 Å². The molecule has 1 saturated heterocycles. The number of carbonyl (C=O) groups is 2. The molecule has 2 atom stereocenters. The maximum absolute atomic E-state index is 13.2. The van der Waals surface area contributed by atoms with E-state index < -0.39 is 5.63 Å². The first-order chi connectivity index (χ1) is 15.2. The molecule has 0 aromatic carbocycles. The van der Waals surface area contributed by atoms with Crippen molar-refractivity contribution in [3.63, 3.8) is 0 Å². The fraction of sp³-hybridized carbons (Fsp3) is 0.478. The van der Waals surface area contributed by atoms with Gasteiger partial charge >= 0.3 is 5.63 Å². The third kappa shape index (κ3) is 4.67. The Balaban J connectivity index is 0.000000913. The lowest BCUT2D eigenvalue weighted by atomic mass is 9.82. The molecule has 2 aromatic rings. The largest absolute Gasteiger partial charge is 0.483 e. The summed E-state index contributed by atoms with van der Waals surface area (Å²) in [6.45, 7) is 5.61. The zero-order valence-corrected chi connectivity index (χ0v) is 18.8. The molecule has 172 valence electrons. The molecule has 2 bridgehead atoms. The highest BCUT2D eigenvalue weighted by atomic mass is 16.4. The van der Waals surface area contributed by atoms with Crippen LogP contribution in [0.25, 0.3) is 0 Å². The van der Waals surface area contributed by atoms with Crippen LogP contribution in [0.4, 0.5) is 0 Å². The second-order valence-electron chi connectivity index (χ2n) is 8.73. The first-order valence-electron chi connectivity index (χ1n) is 10.5. The van der Waals surface area contributed by atoms with Crippen molar-refractivity contribution in [1.82, 2.24) is 14.4 Å². The minimum absolute atomic E-state index is 0.0854. The van der Waals surface area contributed by atoms with E-state index in [9.17, 15) is 14.4 Å². The Labute approximate surface area is 185 Å². The fourth-order valence-electron chi connectivity index (χ4n) is 4.85. The van der Waals surface area contributed by atoms with Crippen LogP contribution in [0.2, 0.25) is 0 Å². The van der Waals surface area contributed by atoms with Gasteiger partial charge in [-0.3, -0.25) is 14.4 Å². The Morgan fingerprint density at radius 1 is 1.22 bits per heavy atom. The Hall–Kier alpha value is -3.20. The molecule has 2 aliphatic rings. The second-order valence-corrected chi connectivity index (χ2v) is 8.73. The number of carbonyl (C=O) groups excluding carboxylic acids is 1. The van der Waals surface area contributed by atoms with Gasteiger partial charge in [-0.25, -0.2) is 4.79 Å². The number of nitrogens with zero attached hydrogens (tertiary/aromatic N) is 3. The van der Waals surface area contributed by atoms with Crippen LogP contribution in [0.5, 0.6) is 0 Å². The van der Waals surface area contributed by atoms with Crippen molar-refractivity contribution in [3.05, 3.63) is 67.1 Å². The number of hydrogen-bond acceptors (Lipinski definition) is 6. The Morgan fingerprint density at radius 3 is 2.53 bits per heavy atom. The van der Waals surface area contributed by atoms with Crippen LogP contribution < -0.4 is 11.2 Å². The number of aryl methyl sites for hydroxylation is 2. The van der Waals surface area contributed by atoms with Crippen molar-refractivity contribution in [3.8, 4) is 0 Å². The van der Waals surface area contributed by atoms with Crippen LogP contribution in [0.1, 0.15) is 45.3 Å². The van der Waals surface area contributed by atoms with Crippen LogP contribution in [-0.2, 0) is 17.9 Å². The lowest BCUT2D eigenvalue weighted by Crippen LogP contribution is -2.49. The highest BCUT2D eigenvalue weighted by Crippen LogP contribution is 2.36. The third-order valence-corrected chi connectivity index (χ3v) is 6.01. The molecular weight excluding hydrogens is 414 g/mol. The average molecular weight is 444 g/mol. The predicted molar refractivity (Wildman–Crippen MR) is 118 cm³/mol. The quantitative estimate of drug-likeness (QED) is 0.714. The van der Waals surface area contributed by atoms with Crippen molar-refractivity contribution in [2.45, 2.75) is 39.3 Å². The summed E-state index contributed by atoms with van der Waals surface area (Å²) in [6.07, 6.45) is 0.984. The summed E-state index contributed by atoms with van der Waals surface area (Å²) < 4.78 is 7.07. The van der Waals surface area contributed by atoms with E-state index in [2.05, 4.69) is 0 Å². The van der Waals surface area contributed by atoms with Gasteiger partial charge in [-0.1, -0.05) is 6.07 Å². The summed E-state index contributed by atoms with van der Waals surface area (Å²) in [5.41, 5.74) is 2.58. The molecule has 9 nitrogen and oxygen atoms in total. The molecule has 2 aromatic heterocycles. The van der Waals surface area contributed by atoms with Gasteiger partial charge in [0.25, 0.3) is 17.9 Å². The first kappa shape index (κ1) is 23.5. The van der Waals surface area contributed by atoms with E-state index in [0.29, 0.717) is 43.1 Å². The number of rotatable bonds is 3. The van der Waals surface area contributed by atoms with E-state index in [1.54, 1.807) is 13.8 Å². The molecule has 1 amide bonds. The maximum atomic E-state index is 13.2. The third-order valence-electron chi connectivity index (χ3n) is 6.01. The normalized spacial score (nSPS) is 19.1. The van der Waals surface area contributed by atoms with E-state index >= 15 is 0 Å². The topological polar surface area (TPSA) is 113 Å². The van der Waals surface area contributed by atoms with Gasteiger partial charge in [0.05, 0.1) is 5.56 Å². The van der Waals surface area contributed by atoms with Crippen LogP contribution in [-0.4, -0.2) is 59.0 Å². The zero-order valence-electron chi connectivity index (χ0n) is 18.8. The number of fused-ring (bicyclic) bond motifs is 4. The lowest BCUT2D eigenvalue weighted by Gasteiger charge is -2.43. The van der Waals surface area contributed by atoms with E-state index in [0.717, 1.165) is 17.7 Å². The van der Waals surface area contributed by atoms with Gasteiger partial charge in [-0.15, -0.1) is 0 Å². The number of aromatic nitrogens is 1. The van der Waals surface area contributed by atoms with Crippen LogP contribution in [0, 0.1) is 19.8 Å². The van der Waals surface area contributed by atoms with Gasteiger partial charge in [0.2, 0.25) is 0 Å². The van der Waals surface area contributed by atoms with Gasteiger partial charge in [-0.2, -0.15) is 0 Å². The Morgan fingerprint density at radius 2 is 1.91 bits per heavy atom. The summed E-state index contributed by atoms with van der Waals surface area (Å²) in [7, 11) is 3.91. The van der Waals surface area contributed by atoms with Crippen molar-refractivity contribution in [2.24, 2.45) is 5.92 Å². The molecule has 9 heteroatoms. The number of likely N-dealkylation sites (tertiary alicyclic amines) is 1. The van der Waals surface area contributed by atoms with Crippen LogP contribution >= 0.6 is 0 Å². The molecule has 0 unspecified atom stereocenters. The highest BCUT2D eigenvalue weighted by molar-refractivity contribution is 5.96. The molecular formula is C23H29N3O6. The van der Waals surface area contributed by atoms with Gasteiger partial charge in [0, 0.05) is 49.4 Å². The minimum Gasteiger partial charge on any atom is -0.483 e. The highest BCUT2D eigenvalue weighted by Gasteiger charge is 2.37. The van der Waals surface area contributed by atoms with Crippen molar-refractivity contribution in [1.29, 1.82) is 0 Å². The summed E-state index contributed by atoms with van der Waals surface area (Å²) in [5, 5.41) is 6.89. The molecule has 4 heterocycles. The number of carboxylic acid groups (broad SMARTS) is 1. The lowest BCUT2D eigenvalue weighted by molar-refractivity contribution is -0.122. The molecule has 0 spiro atoms. The molecule has 0 saturated carbocycles. The molecule has 0 aliphatic carbocycles. The van der Waals surface area contributed by atoms with E-state index in [1.807, 2.05) is 40.6 Å². The van der Waals surface area contributed by atoms with Crippen molar-refractivity contribution < 1.29 is 19.1 Å². The fourth-order valence-corrected chi connectivity index (χ4v) is 4.85. The molecule has 0 radical (unpaired) electrons. The summed E-state index contributed by atoms with van der Waals surface area (Å²) >= 11 is 0. The minimum atomic E-state index is -0.436. The summed E-state index contributed by atoms with van der Waals surface area (Å²) in [4.78, 5) is 50.0. The first-order valence-corrected chi connectivity index (χ1v) is 10.5. The van der Waals surface area contributed by atoms with Gasteiger partial charge in [0.1, 0.15) is 5.76 Å². The Bertz CT molecular complexity index is 1110. The Kier molecular flexibility index (Phi) is 6.98. The van der Waals surface area contributed by atoms with Gasteiger partial charge in [-0.05, 0) is 51.9 Å². The van der Waals surface area contributed by atoms with Gasteiger partial charge < -0.3 is 23.9 Å². The molecule has 4 rings (SSSR count). The number of hydrogen-bond donors (Lipinski definition) is 1. The number of amides is 1.